The Bertz CT molecular complexity index is 920. The van der Waals surface area contributed by atoms with Crippen molar-refractivity contribution >= 4 is 23.4 Å². The van der Waals surface area contributed by atoms with Crippen molar-refractivity contribution in [2.24, 2.45) is 0 Å². The van der Waals surface area contributed by atoms with E-state index >= 15 is 0 Å². The van der Waals surface area contributed by atoms with Crippen LogP contribution in [-0.2, 0) is 23.5 Å². The lowest BCUT2D eigenvalue weighted by Gasteiger charge is -2.08. The summed E-state index contributed by atoms with van der Waals surface area (Å²) in [7, 11) is 0. The molecule has 8 nitrogen and oxygen atoms in total. The molecule has 0 unspecified atom stereocenters. The van der Waals surface area contributed by atoms with Gasteiger partial charge in [0.15, 0.2) is 11.0 Å². The Hall–Kier alpha value is -2.68. The van der Waals surface area contributed by atoms with Gasteiger partial charge in [-0.25, -0.2) is 0 Å². The van der Waals surface area contributed by atoms with E-state index in [0.29, 0.717) is 17.5 Å². The summed E-state index contributed by atoms with van der Waals surface area (Å²) in [6.07, 6.45) is 1.76. The van der Waals surface area contributed by atoms with E-state index in [1.807, 2.05) is 35.8 Å². The Labute approximate surface area is 161 Å². The Balaban J connectivity index is 1.77. The first-order valence-corrected chi connectivity index (χ1v) is 9.84. The van der Waals surface area contributed by atoms with Crippen molar-refractivity contribution in [3.63, 3.8) is 0 Å². The molecule has 3 aromatic rings. The predicted octanol–water partition coefficient (Wildman–Crippen LogP) is 3.55. The molecular formula is C18H22N6O2S. The Kier molecular flexibility index (Phi) is 6.23. The molecule has 2 aromatic heterocycles. The molecule has 0 aliphatic rings. The van der Waals surface area contributed by atoms with Crippen LogP contribution in [0, 0.1) is 0 Å². The number of amides is 1. The number of anilines is 1. The summed E-state index contributed by atoms with van der Waals surface area (Å²) in [6.45, 7) is 6.32. The first-order valence-electron chi connectivity index (χ1n) is 8.86. The number of carbonyl (C=O) groups is 1. The topological polar surface area (TPSA) is 98.7 Å². The van der Waals surface area contributed by atoms with E-state index in [1.54, 1.807) is 0 Å². The van der Waals surface area contributed by atoms with Crippen LogP contribution in [-0.4, -0.2) is 30.9 Å². The predicted molar refractivity (Wildman–Crippen MR) is 103 cm³/mol. The quantitative estimate of drug-likeness (QED) is 0.591. The standard InChI is InChI=1S/C18H22N6O2S/c1-4-7-15-20-21-16(26-15)11-27-18-23-22-17(24(18)5-2)13-8-6-9-14(10-13)19-12(3)25/h6,8-10H,4-5,7,11H2,1-3H3,(H,19,25). The molecule has 0 atom stereocenters. The summed E-state index contributed by atoms with van der Waals surface area (Å²) in [4.78, 5) is 11.3. The molecule has 1 aromatic carbocycles. The summed E-state index contributed by atoms with van der Waals surface area (Å²) in [5.74, 6) is 2.44. The van der Waals surface area contributed by atoms with Gasteiger partial charge in [-0.2, -0.15) is 0 Å². The van der Waals surface area contributed by atoms with Gasteiger partial charge >= 0.3 is 0 Å². The molecule has 9 heteroatoms. The van der Waals surface area contributed by atoms with Gasteiger partial charge in [-0.3, -0.25) is 4.79 Å². The highest BCUT2D eigenvalue weighted by Crippen LogP contribution is 2.27. The van der Waals surface area contributed by atoms with E-state index in [1.165, 1.54) is 18.7 Å². The third-order valence-electron chi connectivity index (χ3n) is 3.77. The van der Waals surface area contributed by atoms with Crippen molar-refractivity contribution in [3.8, 4) is 11.4 Å². The molecule has 1 amide bonds. The first-order chi connectivity index (χ1) is 13.1. The fourth-order valence-electron chi connectivity index (χ4n) is 2.62. The molecule has 1 N–H and O–H groups in total. The molecule has 3 rings (SSSR count). The molecule has 0 bridgehead atoms. The minimum Gasteiger partial charge on any atom is -0.424 e. The van der Waals surface area contributed by atoms with Crippen molar-refractivity contribution in [3.05, 3.63) is 36.0 Å². The van der Waals surface area contributed by atoms with Gasteiger partial charge in [0.1, 0.15) is 0 Å². The molecule has 0 saturated heterocycles. The second kappa shape index (κ2) is 8.81. The van der Waals surface area contributed by atoms with Crippen molar-refractivity contribution in [1.29, 1.82) is 0 Å². The van der Waals surface area contributed by atoms with Gasteiger partial charge in [-0.05, 0) is 25.5 Å². The zero-order valence-corrected chi connectivity index (χ0v) is 16.4. The molecule has 0 saturated carbocycles. The normalized spacial score (nSPS) is 10.9. The third kappa shape index (κ3) is 4.73. The van der Waals surface area contributed by atoms with Crippen LogP contribution < -0.4 is 5.32 Å². The van der Waals surface area contributed by atoms with E-state index in [-0.39, 0.29) is 5.91 Å². The minimum absolute atomic E-state index is 0.109. The van der Waals surface area contributed by atoms with Gasteiger partial charge in [-0.15, -0.1) is 20.4 Å². The van der Waals surface area contributed by atoms with Crippen LogP contribution in [0.3, 0.4) is 0 Å². The van der Waals surface area contributed by atoms with Crippen LogP contribution in [0.5, 0.6) is 0 Å². The number of benzene rings is 1. The lowest BCUT2D eigenvalue weighted by molar-refractivity contribution is -0.114. The van der Waals surface area contributed by atoms with E-state index < -0.39 is 0 Å². The largest absolute Gasteiger partial charge is 0.424 e. The lowest BCUT2D eigenvalue weighted by Crippen LogP contribution is -2.06. The maximum atomic E-state index is 11.3. The van der Waals surface area contributed by atoms with Crippen LogP contribution in [0.15, 0.2) is 33.8 Å². The number of carbonyl (C=O) groups excluding carboxylic acids is 1. The van der Waals surface area contributed by atoms with Gasteiger partial charge < -0.3 is 14.3 Å². The monoisotopic (exact) mass is 386 g/mol. The van der Waals surface area contributed by atoms with Gasteiger partial charge in [0, 0.05) is 31.1 Å². The average Bonchev–Trinajstić information content (AvgIpc) is 3.26. The van der Waals surface area contributed by atoms with Crippen LogP contribution >= 0.6 is 11.8 Å². The molecule has 0 spiro atoms. The van der Waals surface area contributed by atoms with E-state index in [9.17, 15) is 4.79 Å². The second-order valence-corrected chi connectivity index (χ2v) is 6.88. The van der Waals surface area contributed by atoms with Gasteiger partial charge in [0.2, 0.25) is 17.7 Å². The van der Waals surface area contributed by atoms with Gasteiger partial charge in [0.25, 0.3) is 0 Å². The van der Waals surface area contributed by atoms with Crippen molar-refractivity contribution in [1.82, 2.24) is 25.0 Å². The Morgan fingerprint density at radius 1 is 1.19 bits per heavy atom. The third-order valence-corrected chi connectivity index (χ3v) is 4.72. The van der Waals surface area contributed by atoms with E-state index in [0.717, 1.165) is 41.6 Å². The number of rotatable bonds is 8. The summed E-state index contributed by atoms with van der Waals surface area (Å²) >= 11 is 1.51. The SMILES string of the molecule is CCCc1nnc(CSc2nnc(-c3cccc(NC(C)=O)c3)n2CC)o1. The van der Waals surface area contributed by atoms with Gasteiger partial charge in [0.05, 0.1) is 5.75 Å². The number of aryl methyl sites for hydroxylation is 1. The highest BCUT2D eigenvalue weighted by atomic mass is 32.2. The number of aromatic nitrogens is 5. The summed E-state index contributed by atoms with van der Waals surface area (Å²) in [5, 5.41) is 20.3. The van der Waals surface area contributed by atoms with Crippen molar-refractivity contribution in [2.45, 2.75) is 51.1 Å². The minimum atomic E-state index is -0.109. The molecule has 0 fully saturated rings. The highest BCUT2D eigenvalue weighted by molar-refractivity contribution is 7.98. The zero-order chi connectivity index (χ0) is 19.2. The fraction of sp³-hybridized carbons (Fsp3) is 0.389. The second-order valence-electron chi connectivity index (χ2n) is 5.94. The molecule has 142 valence electrons. The Morgan fingerprint density at radius 2 is 2.00 bits per heavy atom. The maximum Gasteiger partial charge on any atom is 0.226 e. The zero-order valence-electron chi connectivity index (χ0n) is 15.6. The van der Waals surface area contributed by atoms with Crippen molar-refractivity contribution in [2.75, 3.05) is 5.32 Å². The maximum absolute atomic E-state index is 11.3. The number of nitrogens with zero attached hydrogens (tertiary/aromatic N) is 5. The molecule has 0 radical (unpaired) electrons. The summed E-state index contributed by atoms with van der Waals surface area (Å²) in [5.41, 5.74) is 1.62. The number of hydrogen-bond donors (Lipinski definition) is 1. The highest BCUT2D eigenvalue weighted by Gasteiger charge is 2.15. The summed E-state index contributed by atoms with van der Waals surface area (Å²) in [6, 6.07) is 7.57. The Morgan fingerprint density at radius 3 is 2.74 bits per heavy atom. The van der Waals surface area contributed by atoms with Gasteiger partial charge in [-0.1, -0.05) is 30.8 Å². The lowest BCUT2D eigenvalue weighted by atomic mass is 10.2. The van der Waals surface area contributed by atoms with Crippen LogP contribution in [0.1, 0.15) is 39.0 Å². The van der Waals surface area contributed by atoms with E-state index in [4.69, 9.17) is 4.42 Å². The molecular weight excluding hydrogens is 364 g/mol. The number of hydrogen-bond acceptors (Lipinski definition) is 7. The van der Waals surface area contributed by atoms with E-state index in [2.05, 4.69) is 32.6 Å². The number of thioether (sulfide) groups is 1. The smallest absolute Gasteiger partial charge is 0.226 e. The number of nitrogens with one attached hydrogen (secondary N) is 1. The molecule has 0 aliphatic heterocycles. The summed E-state index contributed by atoms with van der Waals surface area (Å²) < 4.78 is 7.65. The molecule has 0 aliphatic carbocycles. The first kappa shape index (κ1) is 19.1. The average molecular weight is 386 g/mol. The molecule has 27 heavy (non-hydrogen) atoms. The van der Waals surface area contributed by atoms with Crippen molar-refractivity contribution < 1.29 is 9.21 Å². The molecule has 2 heterocycles. The van der Waals surface area contributed by atoms with Crippen LogP contribution in [0.2, 0.25) is 0 Å². The van der Waals surface area contributed by atoms with Crippen LogP contribution in [0.25, 0.3) is 11.4 Å². The fourth-order valence-corrected chi connectivity index (χ4v) is 3.46. The van der Waals surface area contributed by atoms with Crippen LogP contribution in [0.4, 0.5) is 5.69 Å².